The van der Waals surface area contributed by atoms with E-state index in [1.165, 1.54) is 7.06 Å². The Balaban J connectivity index is 2.40. The number of fused-ring (bicyclic) bond motifs is 3. The highest BCUT2D eigenvalue weighted by Gasteiger charge is 2.52. The molecule has 11 heteroatoms. The van der Waals surface area contributed by atoms with E-state index < -0.39 is 31.0 Å². The first-order valence-corrected chi connectivity index (χ1v) is 7.98. The van der Waals surface area contributed by atoms with Gasteiger partial charge in [-0.3, -0.25) is 0 Å². The van der Waals surface area contributed by atoms with E-state index in [1.54, 1.807) is 0 Å². The van der Waals surface area contributed by atoms with Gasteiger partial charge in [-0.1, -0.05) is 53.7 Å². The van der Waals surface area contributed by atoms with Crippen LogP contribution >= 0.6 is 0 Å². The van der Waals surface area contributed by atoms with Crippen molar-refractivity contribution in [3.8, 4) is 11.1 Å². The summed E-state index contributed by atoms with van der Waals surface area (Å²) in [5, 5.41) is -0.774. The zero-order chi connectivity index (χ0) is 17.5. The molecule has 0 N–H and O–H groups in total. The predicted molar refractivity (Wildman–Crippen MR) is 116 cm³/mol. The average molecular weight is 283 g/mol. The molecule has 13 radical (unpaired) electrons. The van der Waals surface area contributed by atoms with Gasteiger partial charge in [0.1, 0.15) is 0 Å². The van der Waals surface area contributed by atoms with Gasteiger partial charge in [0.2, 0.25) is 0 Å². The van der Waals surface area contributed by atoms with E-state index in [0.29, 0.717) is 0 Å². The van der Waals surface area contributed by atoms with Crippen molar-refractivity contribution in [2.45, 2.75) is 5.21 Å². The average Bonchev–Trinajstić information content (AvgIpc) is 2.87. The fourth-order valence-corrected chi connectivity index (χ4v) is 4.13. The van der Waals surface area contributed by atoms with Crippen molar-refractivity contribution >= 4 is 79.2 Å². The van der Waals surface area contributed by atoms with Gasteiger partial charge in [0.15, 0.2) is 0 Å². The minimum absolute atomic E-state index is 0.424. The molecule has 93 valence electrons. The second-order valence-electron chi connectivity index (χ2n) is 6.36. The Kier molecular flexibility index (Phi) is 5.10. The Bertz CT molecular complexity index is 686. The fourth-order valence-electron chi connectivity index (χ4n) is 4.13. The smallest absolute Gasteiger partial charge is 0.0532 e. The second-order valence-corrected chi connectivity index (χ2v) is 6.36. The van der Waals surface area contributed by atoms with Gasteiger partial charge in [-0.05, 0) is 22.3 Å². The van der Waals surface area contributed by atoms with E-state index in [9.17, 15) is 0 Å². The highest BCUT2D eigenvalue weighted by atomic mass is 14.3. The molecule has 0 saturated carbocycles. The van der Waals surface area contributed by atoms with Gasteiger partial charge in [-0.25, -0.2) is 0 Å². The molecule has 24 heavy (non-hydrogen) atoms. The van der Waals surface area contributed by atoms with Crippen molar-refractivity contribution in [2.75, 3.05) is 0 Å². The summed E-state index contributed by atoms with van der Waals surface area (Å²) in [4.78, 5) is 0. The molecule has 3 rings (SSSR count). The Hall–Kier alpha value is -0.846. The molecular weight excluding hydrogens is 275 g/mol. The third-order valence-corrected chi connectivity index (χ3v) is 5.12. The van der Waals surface area contributed by atoms with Crippen LogP contribution in [-0.2, 0) is 5.21 Å². The van der Waals surface area contributed by atoms with E-state index in [0.717, 1.165) is 22.3 Å². The zero-order valence-corrected chi connectivity index (χ0v) is 13.5. The van der Waals surface area contributed by atoms with Gasteiger partial charge < -0.3 is 0 Å². The van der Waals surface area contributed by atoms with Crippen LogP contribution in [0.2, 0.25) is 0 Å². The largest absolute Gasteiger partial charge is 0.0620 e. The summed E-state index contributed by atoms with van der Waals surface area (Å²) in [5.41, 5.74) is 4.17. The molecule has 2 aromatic rings. The molecule has 0 spiro atoms. The summed E-state index contributed by atoms with van der Waals surface area (Å²) in [6.45, 7) is -1.03. The van der Waals surface area contributed by atoms with Crippen molar-refractivity contribution in [3.05, 3.63) is 59.7 Å². The summed E-state index contributed by atoms with van der Waals surface area (Å²) >= 11 is 0. The first-order chi connectivity index (χ1) is 11.5. The Morgan fingerprint density at radius 2 is 1.17 bits per heavy atom. The van der Waals surface area contributed by atoms with Gasteiger partial charge in [-0.15, -0.1) is 0 Å². The molecule has 0 nitrogen and oxygen atoms in total. The summed E-state index contributed by atoms with van der Waals surface area (Å²) in [5.74, 6) is 0. The number of hydrogen-bond acceptors (Lipinski definition) is 0. The van der Waals surface area contributed by atoms with Crippen molar-refractivity contribution in [3.63, 3.8) is 0 Å². The molecule has 0 fully saturated rings. The van der Waals surface area contributed by atoms with Crippen LogP contribution in [0.5, 0.6) is 0 Å². The molecule has 0 atom stereocenters. The van der Waals surface area contributed by atoms with Gasteiger partial charge in [0, 0.05) is 66.3 Å². The number of hydrogen-bond donors (Lipinski definition) is 0. The molecule has 0 aliphatic heterocycles. The van der Waals surface area contributed by atoms with Gasteiger partial charge in [0.05, 0.1) is 13.0 Å². The van der Waals surface area contributed by atoms with Gasteiger partial charge in [0.25, 0.3) is 0 Å². The van der Waals surface area contributed by atoms with E-state index in [-0.39, 0.29) is 0 Å². The lowest BCUT2D eigenvalue weighted by atomic mass is 8.68. The zero-order valence-electron chi connectivity index (χ0n) is 13.5. The molecule has 1 aliphatic carbocycles. The van der Waals surface area contributed by atoms with Crippen LogP contribution in [0.1, 0.15) is 11.1 Å². The molecule has 2 aromatic carbocycles. The SMILES string of the molecule is [B][B]B(B([B])[B])C1(B([B])B([B])[B])c2ccccc2-c2ccccc21. The lowest BCUT2D eigenvalue weighted by molar-refractivity contribution is 1.06. The molecule has 0 amide bonds. The van der Waals surface area contributed by atoms with Crippen LogP contribution in [0.15, 0.2) is 48.5 Å². The number of rotatable bonds is 5. The van der Waals surface area contributed by atoms with Crippen LogP contribution in [0.25, 0.3) is 11.1 Å². The summed E-state index contributed by atoms with van der Waals surface area (Å²) in [6, 6.07) is 16.1. The molecule has 0 aromatic heterocycles. The van der Waals surface area contributed by atoms with Crippen LogP contribution in [0.3, 0.4) is 0 Å². The Labute approximate surface area is 155 Å². The standard InChI is InChI=1S/C13H8B11/c14-20-22(24(18)19)13(21(15)23(16)17)11-7-3-1-5-9(11)10-6-2-4-8-12(10)13/h1-8H. The molecule has 0 heterocycles. The lowest BCUT2D eigenvalue weighted by Crippen LogP contribution is -2.69. The topological polar surface area (TPSA) is 0 Å². The normalized spacial score (nSPS) is 13.5. The summed E-state index contributed by atoms with van der Waals surface area (Å²) in [7, 11) is 38.3. The molecule has 0 bridgehead atoms. The van der Waals surface area contributed by atoms with E-state index >= 15 is 0 Å². The minimum atomic E-state index is -0.774. The van der Waals surface area contributed by atoms with Crippen molar-refractivity contribution < 1.29 is 0 Å². The number of benzene rings is 2. The van der Waals surface area contributed by atoms with Crippen LogP contribution in [0.4, 0.5) is 0 Å². The Morgan fingerprint density at radius 1 is 0.708 bits per heavy atom. The first-order valence-electron chi connectivity index (χ1n) is 7.98. The highest BCUT2D eigenvalue weighted by Crippen LogP contribution is 2.51. The van der Waals surface area contributed by atoms with E-state index in [4.69, 9.17) is 46.4 Å². The van der Waals surface area contributed by atoms with E-state index in [1.807, 2.05) is 36.4 Å². The second kappa shape index (κ2) is 6.81. The van der Waals surface area contributed by atoms with E-state index in [2.05, 4.69) is 12.1 Å². The predicted octanol–water partition coefficient (Wildman–Crippen LogP) is -1.22. The van der Waals surface area contributed by atoms with Gasteiger partial charge in [-0.2, -0.15) is 0 Å². The van der Waals surface area contributed by atoms with Crippen LogP contribution in [-0.4, -0.2) is 79.2 Å². The maximum Gasteiger partial charge on any atom is 0.0532 e. The third kappa shape index (κ3) is 2.46. The van der Waals surface area contributed by atoms with Crippen molar-refractivity contribution in [2.24, 2.45) is 0 Å². The van der Waals surface area contributed by atoms with Crippen LogP contribution < -0.4 is 0 Å². The fraction of sp³-hybridized carbons (Fsp3) is 0.0769. The first kappa shape index (κ1) is 18.0. The lowest BCUT2D eigenvalue weighted by Gasteiger charge is -2.47. The maximum atomic E-state index is 6.56. The molecule has 0 saturated heterocycles. The van der Waals surface area contributed by atoms with Gasteiger partial charge >= 0.3 is 0 Å². The maximum absolute atomic E-state index is 6.56. The Morgan fingerprint density at radius 3 is 1.54 bits per heavy atom. The minimum Gasteiger partial charge on any atom is -0.0620 e. The summed E-state index contributed by atoms with van der Waals surface area (Å²) in [6.07, 6.45) is -1.47. The molecular formula is C13H8B11. The van der Waals surface area contributed by atoms with Crippen molar-refractivity contribution in [1.29, 1.82) is 0 Å². The third-order valence-electron chi connectivity index (χ3n) is 5.12. The van der Waals surface area contributed by atoms with Crippen molar-refractivity contribution in [1.82, 2.24) is 0 Å². The van der Waals surface area contributed by atoms with Crippen LogP contribution in [0, 0.1) is 0 Å². The molecule has 0 unspecified atom stereocenters. The summed E-state index contributed by atoms with van der Waals surface area (Å²) < 4.78 is 0. The molecule has 1 aliphatic rings. The monoisotopic (exact) mass is 285 g/mol. The highest BCUT2D eigenvalue weighted by molar-refractivity contribution is 7.77. The quantitative estimate of drug-likeness (QED) is 0.603.